The highest BCUT2D eigenvalue weighted by atomic mass is 13.9. The Hall–Kier alpha value is -1.30. The monoisotopic (exact) mass is 130 g/mol. The molecule has 0 heteroatoms. The summed E-state index contributed by atoms with van der Waals surface area (Å²) in [6.07, 6.45) is 0. The lowest BCUT2D eigenvalue weighted by molar-refractivity contribution is 1.75. The molecule has 0 fully saturated rings. The van der Waals surface area contributed by atoms with Gasteiger partial charge in [-0.1, -0.05) is 48.5 Å². The quantitative estimate of drug-likeness (QED) is 0.514. The predicted octanol–water partition coefficient (Wildman–Crippen LogP) is 2.84. The summed E-state index contributed by atoms with van der Waals surface area (Å²) in [5.41, 5.74) is 0. The van der Waals surface area contributed by atoms with Crippen LogP contribution in [0.5, 0.6) is 0 Å². The second-order valence-corrected chi connectivity index (χ2v) is 2.19. The number of rotatable bonds is 0. The molecule has 0 unspecified atom stereocenters. The molecule has 10 heavy (non-hydrogen) atoms. The molecule has 0 saturated carbocycles. The van der Waals surface area contributed by atoms with Crippen molar-refractivity contribution in [2.45, 2.75) is 0 Å². The molecule has 0 aliphatic carbocycles. The van der Waals surface area contributed by atoms with Crippen molar-refractivity contribution < 1.29 is 2.74 Å². The van der Waals surface area contributed by atoms with Crippen LogP contribution in [-0.4, -0.2) is 0 Å². The van der Waals surface area contributed by atoms with Crippen LogP contribution in [0.4, 0.5) is 0 Å². The fraction of sp³-hybridized carbons (Fsp3) is 0. The third-order valence-electron chi connectivity index (χ3n) is 1.51. The van der Waals surface area contributed by atoms with Gasteiger partial charge in [0.1, 0.15) is 0 Å². The molecule has 0 bridgehead atoms. The standard InChI is InChI=1S/C10H8/c1-2-6-10-8-4-3-7-9(10)5-1/h1-8H/i1D,6D. The van der Waals surface area contributed by atoms with E-state index >= 15 is 0 Å². The summed E-state index contributed by atoms with van der Waals surface area (Å²) >= 11 is 0. The number of benzene rings is 2. The highest BCUT2D eigenvalue weighted by Gasteiger charge is 1.85. The van der Waals surface area contributed by atoms with Gasteiger partial charge in [-0.05, 0) is 10.8 Å². The lowest BCUT2D eigenvalue weighted by Crippen LogP contribution is -1.67. The maximum atomic E-state index is 7.58. The second-order valence-electron chi connectivity index (χ2n) is 2.19. The molecule has 0 heterocycles. The molecule has 0 N–H and O–H groups in total. The van der Waals surface area contributed by atoms with Crippen molar-refractivity contribution in [2.24, 2.45) is 0 Å². The number of hydrogen-bond donors (Lipinski definition) is 0. The molecule has 0 aliphatic rings. The zero-order chi connectivity index (χ0) is 8.55. The molecule has 2 rings (SSSR count). The fourth-order valence-corrected chi connectivity index (χ4v) is 1.01. The molecule has 0 aliphatic heterocycles. The lowest BCUT2D eigenvalue weighted by Gasteiger charge is -1.92. The van der Waals surface area contributed by atoms with E-state index in [2.05, 4.69) is 0 Å². The first kappa shape index (κ1) is 3.77. The Kier molecular flexibility index (Phi) is 0.808. The van der Waals surface area contributed by atoms with E-state index in [9.17, 15) is 0 Å². The molecule has 2 aromatic rings. The second kappa shape index (κ2) is 2.14. The molecule has 0 saturated heterocycles. The summed E-state index contributed by atoms with van der Waals surface area (Å²) in [5, 5.41) is 1.88. The van der Waals surface area contributed by atoms with E-state index < -0.39 is 0 Å². The summed E-state index contributed by atoms with van der Waals surface area (Å²) in [6.45, 7) is 0. The summed E-state index contributed by atoms with van der Waals surface area (Å²) in [7, 11) is 0. The van der Waals surface area contributed by atoms with Gasteiger partial charge in [-0.3, -0.25) is 0 Å². The van der Waals surface area contributed by atoms with Crippen LogP contribution in [0.1, 0.15) is 2.74 Å². The van der Waals surface area contributed by atoms with Gasteiger partial charge in [0, 0.05) is 0 Å². The van der Waals surface area contributed by atoms with E-state index in [1.807, 2.05) is 24.3 Å². The molecule has 48 valence electrons. The molecule has 0 nitrogen and oxygen atoms in total. The Labute approximate surface area is 62.9 Å². The summed E-state index contributed by atoms with van der Waals surface area (Å²) in [5.74, 6) is 0. The molecule has 0 aromatic heterocycles. The highest BCUT2D eigenvalue weighted by molar-refractivity contribution is 5.81. The SMILES string of the molecule is [2H]c1cc([2H])c2ccccc2c1. The predicted molar refractivity (Wildman–Crippen MR) is 43.9 cm³/mol. The highest BCUT2D eigenvalue weighted by Crippen LogP contribution is 2.11. The van der Waals surface area contributed by atoms with Crippen LogP contribution in [0.2, 0.25) is 0 Å². The van der Waals surface area contributed by atoms with Crippen LogP contribution in [0.3, 0.4) is 0 Å². The zero-order valence-electron chi connectivity index (χ0n) is 7.46. The van der Waals surface area contributed by atoms with Crippen LogP contribution >= 0.6 is 0 Å². The molecule has 0 atom stereocenters. The van der Waals surface area contributed by atoms with Gasteiger partial charge in [-0.25, -0.2) is 0 Å². The van der Waals surface area contributed by atoms with Crippen molar-refractivity contribution in [1.82, 2.24) is 0 Å². The minimum Gasteiger partial charge on any atom is -0.0616 e. The first-order chi connectivity index (χ1) is 5.77. The van der Waals surface area contributed by atoms with Crippen molar-refractivity contribution in [3.63, 3.8) is 0 Å². The fourth-order valence-electron chi connectivity index (χ4n) is 1.01. The largest absolute Gasteiger partial charge is 0.0629 e. The minimum absolute atomic E-state index is 0.402. The van der Waals surface area contributed by atoms with Crippen molar-refractivity contribution in [1.29, 1.82) is 0 Å². The third kappa shape index (κ3) is 0.781. The van der Waals surface area contributed by atoms with Crippen molar-refractivity contribution in [3.05, 3.63) is 48.5 Å². The molecule has 0 amide bonds. The molecule has 2 aromatic carbocycles. The van der Waals surface area contributed by atoms with Gasteiger partial charge >= 0.3 is 0 Å². The van der Waals surface area contributed by atoms with Gasteiger partial charge in [-0.2, -0.15) is 0 Å². The average Bonchev–Trinajstić information content (AvgIpc) is 2.04. The van der Waals surface area contributed by atoms with E-state index in [0.29, 0.717) is 12.1 Å². The number of hydrogen-bond acceptors (Lipinski definition) is 0. The van der Waals surface area contributed by atoms with Gasteiger partial charge in [0.15, 0.2) is 0 Å². The van der Waals surface area contributed by atoms with Gasteiger partial charge in [0.25, 0.3) is 0 Å². The van der Waals surface area contributed by atoms with E-state index in [1.165, 1.54) is 0 Å². The van der Waals surface area contributed by atoms with Crippen LogP contribution in [0.25, 0.3) is 10.8 Å². The van der Waals surface area contributed by atoms with Crippen LogP contribution in [0.15, 0.2) is 48.5 Å². The molecular formula is C10H8. The van der Waals surface area contributed by atoms with E-state index in [1.54, 1.807) is 12.1 Å². The molecule has 0 radical (unpaired) electrons. The lowest BCUT2D eigenvalue weighted by atomic mass is 10.1. The Morgan fingerprint density at radius 1 is 0.900 bits per heavy atom. The maximum absolute atomic E-state index is 7.58. The van der Waals surface area contributed by atoms with Crippen molar-refractivity contribution >= 4 is 10.8 Å². The first-order valence-corrected chi connectivity index (χ1v) is 3.23. The minimum atomic E-state index is 0.402. The summed E-state index contributed by atoms with van der Waals surface area (Å²) in [4.78, 5) is 0. The maximum Gasteiger partial charge on any atom is 0.0629 e. The van der Waals surface area contributed by atoms with Crippen LogP contribution in [-0.2, 0) is 0 Å². The van der Waals surface area contributed by atoms with Gasteiger partial charge in [0.2, 0.25) is 0 Å². The van der Waals surface area contributed by atoms with Gasteiger partial charge < -0.3 is 0 Å². The number of fused-ring (bicyclic) bond motifs is 1. The topological polar surface area (TPSA) is 0 Å². The third-order valence-corrected chi connectivity index (χ3v) is 1.51. The van der Waals surface area contributed by atoms with Crippen molar-refractivity contribution in [3.8, 4) is 0 Å². The Morgan fingerprint density at radius 2 is 1.70 bits per heavy atom. The smallest absolute Gasteiger partial charge is 0.0616 e. The summed E-state index contributed by atoms with van der Waals surface area (Å²) in [6, 6.07) is 11.8. The Balaban J connectivity index is 2.89. The summed E-state index contributed by atoms with van der Waals surface area (Å²) < 4.78 is 15.0. The van der Waals surface area contributed by atoms with Crippen LogP contribution < -0.4 is 0 Å². The van der Waals surface area contributed by atoms with E-state index in [0.717, 1.165) is 10.8 Å². The van der Waals surface area contributed by atoms with Gasteiger partial charge in [0.05, 0.1) is 2.74 Å². The van der Waals surface area contributed by atoms with Gasteiger partial charge in [-0.15, -0.1) is 0 Å². The molecule has 0 spiro atoms. The average molecular weight is 130 g/mol. The van der Waals surface area contributed by atoms with Crippen molar-refractivity contribution in [2.75, 3.05) is 0 Å². The van der Waals surface area contributed by atoms with Crippen LogP contribution in [0, 0.1) is 0 Å². The Morgan fingerprint density at radius 3 is 2.60 bits per heavy atom. The van der Waals surface area contributed by atoms with E-state index in [-0.39, 0.29) is 0 Å². The first-order valence-electron chi connectivity index (χ1n) is 4.23. The van der Waals surface area contributed by atoms with E-state index in [4.69, 9.17) is 2.74 Å². The Bertz CT molecular complexity index is 421. The molecular weight excluding hydrogens is 120 g/mol. The normalized spacial score (nSPS) is 12.8. The zero-order valence-corrected chi connectivity index (χ0v) is 5.46.